The highest BCUT2D eigenvalue weighted by Gasteiger charge is 2.21. The standard InChI is InChI=1S/C25H38N6/c1-6-9-17-26-23-22-25(28-20(5)27-23)31(19(4)14-13-18-30(7-2)8-3)24(29-22)21-15-11-10-12-16-21/h10-12,15-16,19H,6-9,13-14,17-18H2,1-5H3,(H,26,27,28). The molecule has 6 heteroatoms. The van der Waals surface area contributed by atoms with Gasteiger partial charge in [-0.05, 0) is 52.7 Å². The van der Waals surface area contributed by atoms with E-state index in [0.29, 0.717) is 6.04 Å². The van der Waals surface area contributed by atoms with Gasteiger partial charge in [-0.1, -0.05) is 57.5 Å². The van der Waals surface area contributed by atoms with Gasteiger partial charge >= 0.3 is 0 Å². The van der Waals surface area contributed by atoms with Gasteiger partial charge in [0.05, 0.1) is 0 Å². The molecule has 3 aromatic rings. The molecule has 0 amide bonds. The molecular weight excluding hydrogens is 384 g/mol. The van der Waals surface area contributed by atoms with Crippen LogP contribution >= 0.6 is 0 Å². The van der Waals surface area contributed by atoms with Crippen LogP contribution in [0.15, 0.2) is 30.3 Å². The van der Waals surface area contributed by atoms with E-state index in [9.17, 15) is 0 Å². The van der Waals surface area contributed by atoms with Gasteiger partial charge in [-0.15, -0.1) is 0 Å². The van der Waals surface area contributed by atoms with Crippen LogP contribution in [0.3, 0.4) is 0 Å². The van der Waals surface area contributed by atoms with Gasteiger partial charge in [0, 0.05) is 18.2 Å². The van der Waals surface area contributed by atoms with Gasteiger partial charge in [0.25, 0.3) is 0 Å². The lowest BCUT2D eigenvalue weighted by atomic mass is 10.1. The van der Waals surface area contributed by atoms with Crippen molar-refractivity contribution in [1.82, 2.24) is 24.4 Å². The van der Waals surface area contributed by atoms with Crippen LogP contribution in [0.5, 0.6) is 0 Å². The summed E-state index contributed by atoms with van der Waals surface area (Å²) in [5.41, 5.74) is 2.92. The molecule has 2 aromatic heterocycles. The van der Waals surface area contributed by atoms with Gasteiger partial charge in [-0.3, -0.25) is 0 Å². The highest BCUT2D eigenvalue weighted by atomic mass is 15.2. The van der Waals surface area contributed by atoms with Crippen LogP contribution in [0.1, 0.15) is 65.2 Å². The molecule has 0 radical (unpaired) electrons. The molecule has 0 aliphatic heterocycles. The van der Waals surface area contributed by atoms with E-state index in [1.807, 2.05) is 13.0 Å². The number of imidazole rings is 1. The molecule has 0 spiro atoms. The van der Waals surface area contributed by atoms with E-state index in [1.54, 1.807) is 0 Å². The van der Waals surface area contributed by atoms with Crippen molar-refractivity contribution in [3.63, 3.8) is 0 Å². The average Bonchev–Trinajstić information content (AvgIpc) is 3.17. The first-order valence-electron chi connectivity index (χ1n) is 11.9. The van der Waals surface area contributed by atoms with E-state index in [4.69, 9.17) is 9.97 Å². The summed E-state index contributed by atoms with van der Waals surface area (Å²) in [6.07, 6.45) is 4.50. The van der Waals surface area contributed by atoms with Gasteiger partial charge in [0.15, 0.2) is 17.0 Å². The minimum atomic E-state index is 0.300. The van der Waals surface area contributed by atoms with Crippen molar-refractivity contribution in [2.24, 2.45) is 0 Å². The van der Waals surface area contributed by atoms with Crippen LogP contribution in [-0.4, -0.2) is 50.6 Å². The molecule has 31 heavy (non-hydrogen) atoms. The molecule has 0 aliphatic carbocycles. The topological polar surface area (TPSA) is 58.9 Å². The molecule has 1 N–H and O–H groups in total. The third kappa shape index (κ3) is 5.62. The Balaban J connectivity index is 2.00. The van der Waals surface area contributed by atoms with Gasteiger partial charge in [0.2, 0.25) is 0 Å². The lowest BCUT2D eigenvalue weighted by Crippen LogP contribution is -2.24. The number of aromatic nitrogens is 4. The third-order valence-corrected chi connectivity index (χ3v) is 5.94. The van der Waals surface area contributed by atoms with E-state index >= 15 is 0 Å². The van der Waals surface area contributed by atoms with Crippen LogP contribution in [0.25, 0.3) is 22.6 Å². The summed E-state index contributed by atoms with van der Waals surface area (Å²) < 4.78 is 2.33. The Labute approximate surface area is 187 Å². The minimum absolute atomic E-state index is 0.300. The summed E-state index contributed by atoms with van der Waals surface area (Å²) in [6.45, 7) is 15.2. The summed E-state index contributed by atoms with van der Waals surface area (Å²) >= 11 is 0. The smallest absolute Gasteiger partial charge is 0.166 e. The van der Waals surface area contributed by atoms with Gasteiger partial charge in [0.1, 0.15) is 11.6 Å². The Morgan fingerprint density at radius 2 is 1.74 bits per heavy atom. The van der Waals surface area contributed by atoms with Crippen molar-refractivity contribution >= 4 is 17.0 Å². The Bertz CT molecular complexity index is 946. The number of aryl methyl sites for hydroxylation is 1. The Morgan fingerprint density at radius 1 is 1.00 bits per heavy atom. The second-order valence-corrected chi connectivity index (χ2v) is 8.26. The van der Waals surface area contributed by atoms with Crippen molar-refractivity contribution in [3.8, 4) is 11.4 Å². The lowest BCUT2D eigenvalue weighted by molar-refractivity contribution is 0.289. The number of hydrogen-bond acceptors (Lipinski definition) is 5. The molecular formula is C25H38N6. The second-order valence-electron chi connectivity index (χ2n) is 8.26. The number of benzene rings is 1. The second kappa shape index (κ2) is 11.2. The summed E-state index contributed by atoms with van der Waals surface area (Å²) in [4.78, 5) is 17.1. The average molecular weight is 423 g/mol. The molecule has 1 atom stereocenters. The van der Waals surface area contributed by atoms with Crippen molar-refractivity contribution < 1.29 is 0 Å². The van der Waals surface area contributed by atoms with Crippen molar-refractivity contribution in [3.05, 3.63) is 36.2 Å². The fourth-order valence-corrected chi connectivity index (χ4v) is 4.08. The van der Waals surface area contributed by atoms with E-state index in [2.05, 4.69) is 71.7 Å². The largest absolute Gasteiger partial charge is 0.368 e. The number of rotatable bonds is 12. The number of fused-ring (bicyclic) bond motifs is 1. The van der Waals surface area contributed by atoms with E-state index in [-0.39, 0.29) is 0 Å². The number of anilines is 1. The van der Waals surface area contributed by atoms with Gasteiger partial charge in [-0.25, -0.2) is 15.0 Å². The summed E-state index contributed by atoms with van der Waals surface area (Å²) in [5.74, 6) is 2.61. The van der Waals surface area contributed by atoms with Crippen molar-refractivity contribution in [1.29, 1.82) is 0 Å². The predicted molar refractivity (Wildman–Crippen MR) is 131 cm³/mol. The monoisotopic (exact) mass is 422 g/mol. The quantitative estimate of drug-likeness (QED) is 0.380. The molecule has 3 rings (SSSR count). The maximum absolute atomic E-state index is 5.06. The molecule has 168 valence electrons. The highest BCUT2D eigenvalue weighted by Crippen LogP contribution is 2.32. The lowest BCUT2D eigenvalue weighted by Gasteiger charge is -2.21. The Morgan fingerprint density at radius 3 is 2.42 bits per heavy atom. The number of unbranched alkanes of at least 4 members (excludes halogenated alkanes) is 1. The zero-order valence-corrected chi connectivity index (χ0v) is 19.9. The summed E-state index contributed by atoms with van der Waals surface area (Å²) in [7, 11) is 0. The molecule has 2 heterocycles. The maximum atomic E-state index is 5.06. The number of hydrogen-bond donors (Lipinski definition) is 1. The maximum Gasteiger partial charge on any atom is 0.166 e. The van der Waals surface area contributed by atoms with Crippen LogP contribution < -0.4 is 5.32 Å². The zero-order chi connectivity index (χ0) is 22.2. The first kappa shape index (κ1) is 23.2. The molecule has 1 unspecified atom stereocenters. The summed E-state index contributed by atoms with van der Waals surface area (Å²) in [5, 5.41) is 3.50. The van der Waals surface area contributed by atoms with E-state index < -0.39 is 0 Å². The zero-order valence-electron chi connectivity index (χ0n) is 19.9. The van der Waals surface area contributed by atoms with Crippen molar-refractivity contribution in [2.75, 3.05) is 31.5 Å². The molecule has 0 aliphatic rings. The van der Waals surface area contributed by atoms with Crippen LogP contribution in [0, 0.1) is 6.92 Å². The number of nitrogens with zero attached hydrogens (tertiary/aromatic N) is 5. The predicted octanol–water partition coefficient (Wildman–Crippen LogP) is 5.70. The minimum Gasteiger partial charge on any atom is -0.368 e. The molecule has 6 nitrogen and oxygen atoms in total. The SMILES string of the molecule is CCCCNc1nc(C)nc2c1nc(-c1ccccc1)n2C(C)CCCN(CC)CC. The van der Waals surface area contributed by atoms with E-state index in [1.165, 1.54) is 0 Å². The van der Waals surface area contributed by atoms with Crippen molar-refractivity contribution in [2.45, 2.75) is 66.3 Å². The molecule has 0 fully saturated rings. The fraction of sp³-hybridized carbons (Fsp3) is 0.560. The molecule has 1 aromatic carbocycles. The Hall–Kier alpha value is -2.47. The van der Waals surface area contributed by atoms with Crippen LogP contribution in [0.4, 0.5) is 5.82 Å². The third-order valence-electron chi connectivity index (χ3n) is 5.94. The highest BCUT2D eigenvalue weighted by molar-refractivity contribution is 5.86. The van der Waals surface area contributed by atoms with Crippen LogP contribution in [-0.2, 0) is 0 Å². The Kier molecular flexibility index (Phi) is 8.41. The molecule has 0 saturated carbocycles. The van der Waals surface area contributed by atoms with Crippen LogP contribution in [0.2, 0.25) is 0 Å². The molecule has 0 saturated heterocycles. The summed E-state index contributed by atoms with van der Waals surface area (Å²) in [6, 6.07) is 10.7. The first-order valence-corrected chi connectivity index (χ1v) is 11.9. The van der Waals surface area contributed by atoms with E-state index in [0.717, 1.165) is 86.1 Å². The van der Waals surface area contributed by atoms with Gasteiger partial charge < -0.3 is 14.8 Å². The fourth-order valence-electron chi connectivity index (χ4n) is 4.08. The number of nitrogens with one attached hydrogen (secondary N) is 1. The normalized spacial score (nSPS) is 12.6. The van der Waals surface area contributed by atoms with Gasteiger partial charge in [-0.2, -0.15) is 0 Å². The molecule has 0 bridgehead atoms. The first-order chi connectivity index (χ1) is 15.1.